The average molecular weight is 357 g/mol. The van der Waals surface area contributed by atoms with Crippen LogP contribution in [0.5, 0.6) is 0 Å². The lowest BCUT2D eigenvalue weighted by Gasteiger charge is -2.30. The van der Waals surface area contributed by atoms with Gasteiger partial charge in [-0.2, -0.15) is 0 Å². The highest BCUT2D eigenvalue weighted by Crippen LogP contribution is 2.31. The normalized spacial score (nSPS) is 18.7. The fraction of sp³-hybridized carbons (Fsp3) is 0.368. The summed E-state index contributed by atoms with van der Waals surface area (Å²) < 4.78 is 13.7. The number of nitrogens with zero attached hydrogens (tertiary/aromatic N) is 2. The Morgan fingerprint density at radius 1 is 1.36 bits per heavy atom. The van der Waals surface area contributed by atoms with Crippen molar-refractivity contribution in [3.63, 3.8) is 0 Å². The number of hydrogen-bond donors (Lipinski definition) is 1. The molecule has 0 bridgehead atoms. The van der Waals surface area contributed by atoms with E-state index in [2.05, 4.69) is 21.8 Å². The molecule has 1 aliphatic heterocycles. The van der Waals surface area contributed by atoms with Gasteiger partial charge in [0.2, 0.25) is 0 Å². The monoisotopic (exact) mass is 357 g/mol. The molecule has 25 heavy (non-hydrogen) atoms. The van der Waals surface area contributed by atoms with E-state index in [1.165, 1.54) is 36.3 Å². The summed E-state index contributed by atoms with van der Waals surface area (Å²) in [7, 11) is 0. The Morgan fingerprint density at radius 2 is 2.16 bits per heavy atom. The molecule has 0 saturated carbocycles. The molecule has 1 aliphatic rings. The van der Waals surface area contributed by atoms with Gasteiger partial charge in [-0.1, -0.05) is 19.1 Å². The van der Waals surface area contributed by atoms with E-state index >= 15 is 0 Å². The molecule has 0 aliphatic carbocycles. The van der Waals surface area contributed by atoms with Crippen LogP contribution in [0.25, 0.3) is 20.7 Å². The lowest BCUT2D eigenvalue weighted by Crippen LogP contribution is -2.34. The molecule has 3 aromatic rings. The van der Waals surface area contributed by atoms with Crippen molar-refractivity contribution in [2.45, 2.75) is 26.3 Å². The third kappa shape index (κ3) is 3.50. The van der Waals surface area contributed by atoms with Crippen LogP contribution in [0, 0.1) is 11.7 Å². The van der Waals surface area contributed by atoms with Gasteiger partial charge in [0.25, 0.3) is 5.56 Å². The molecule has 4 rings (SSSR count). The van der Waals surface area contributed by atoms with Crippen LogP contribution in [0.15, 0.2) is 35.1 Å². The molecule has 2 aromatic heterocycles. The second-order valence-electron chi connectivity index (χ2n) is 6.83. The predicted octanol–water partition coefficient (Wildman–Crippen LogP) is 4.02. The van der Waals surface area contributed by atoms with Crippen LogP contribution < -0.4 is 5.56 Å². The fourth-order valence-electron chi connectivity index (χ4n) is 3.46. The number of thiophene rings is 1. The second-order valence-corrected chi connectivity index (χ2v) is 7.88. The van der Waals surface area contributed by atoms with E-state index in [0.717, 1.165) is 29.4 Å². The number of fused-ring (bicyclic) bond motifs is 1. The van der Waals surface area contributed by atoms with Crippen LogP contribution in [0.3, 0.4) is 0 Å². The predicted molar refractivity (Wildman–Crippen MR) is 99.3 cm³/mol. The van der Waals surface area contributed by atoms with Gasteiger partial charge in [0.15, 0.2) is 0 Å². The van der Waals surface area contributed by atoms with Crippen molar-refractivity contribution in [3.8, 4) is 10.4 Å². The summed E-state index contributed by atoms with van der Waals surface area (Å²) >= 11 is 1.40. The number of aromatic nitrogens is 2. The highest BCUT2D eigenvalue weighted by molar-refractivity contribution is 7.22. The number of rotatable bonds is 3. The van der Waals surface area contributed by atoms with Gasteiger partial charge in [0.1, 0.15) is 16.3 Å². The van der Waals surface area contributed by atoms with Crippen LogP contribution in [0.1, 0.15) is 25.6 Å². The molecule has 1 aromatic carbocycles. The maximum Gasteiger partial charge on any atom is 0.268 e. The minimum absolute atomic E-state index is 0.0941. The molecule has 1 N–H and O–H groups in total. The second kappa shape index (κ2) is 6.69. The first-order valence-electron chi connectivity index (χ1n) is 8.59. The lowest BCUT2D eigenvalue weighted by atomic mass is 10.0. The van der Waals surface area contributed by atoms with Gasteiger partial charge < -0.3 is 4.98 Å². The zero-order valence-electron chi connectivity index (χ0n) is 14.1. The van der Waals surface area contributed by atoms with E-state index in [1.54, 1.807) is 12.1 Å². The maximum atomic E-state index is 13.1. The lowest BCUT2D eigenvalue weighted by molar-refractivity contribution is 0.173. The summed E-state index contributed by atoms with van der Waals surface area (Å²) in [5, 5.41) is 0. The highest BCUT2D eigenvalue weighted by atomic mass is 32.1. The van der Waals surface area contributed by atoms with Crippen molar-refractivity contribution >= 4 is 21.6 Å². The molecular weight excluding hydrogens is 337 g/mol. The first-order chi connectivity index (χ1) is 12.1. The van der Waals surface area contributed by atoms with Gasteiger partial charge in [-0.05, 0) is 49.1 Å². The van der Waals surface area contributed by atoms with E-state index in [0.29, 0.717) is 22.7 Å². The van der Waals surface area contributed by atoms with E-state index in [4.69, 9.17) is 0 Å². The minimum Gasteiger partial charge on any atom is -0.308 e. The highest BCUT2D eigenvalue weighted by Gasteiger charge is 2.18. The van der Waals surface area contributed by atoms with Crippen molar-refractivity contribution in [1.29, 1.82) is 0 Å². The Bertz CT molecular complexity index is 947. The number of H-pyrrole nitrogens is 1. The van der Waals surface area contributed by atoms with E-state index in [-0.39, 0.29) is 11.4 Å². The molecule has 1 fully saturated rings. The van der Waals surface area contributed by atoms with E-state index < -0.39 is 0 Å². The molecule has 0 spiro atoms. The topological polar surface area (TPSA) is 49.0 Å². The van der Waals surface area contributed by atoms with Gasteiger partial charge in [-0.25, -0.2) is 9.37 Å². The Kier molecular flexibility index (Phi) is 4.39. The van der Waals surface area contributed by atoms with E-state index in [9.17, 15) is 9.18 Å². The molecule has 0 radical (unpaired) electrons. The van der Waals surface area contributed by atoms with Crippen molar-refractivity contribution in [2.75, 3.05) is 13.1 Å². The minimum atomic E-state index is -0.265. The number of nitrogens with one attached hydrogen (secondary N) is 1. The molecule has 0 amide bonds. The van der Waals surface area contributed by atoms with Crippen LogP contribution in [0.4, 0.5) is 4.39 Å². The zero-order valence-corrected chi connectivity index (χ0v) is 14.9. The standard InChI is InChI=1S/C19H20FN3OS/c1-12-3-2-8-23(10-12)11-17-21-15-9-16(25-18(15)19(24)22-17)13-4-6-14(20)7-5-13/h4-7,9,12H,2-3,8,10-11H2,1H3,(H,21,22,24)/t12-/m0/s1. The van der Waals surface area contributed by atoms with Gasteiger partial charge >= 0.3 is 0 Å². The molecule has 1 atom stereocenters. The number of aromatic amines is 1. The quantitative estimate of drug-likeness (QED) is 0.770. The molecule has 130 valence electrons. The number of piperidine rings is 1. The Balaban J connectivity index is 1.65. The summed E-state index contributed by atoms with van der Waals surface area (Å²) in [5.74, 6) is 1.14. The zero-order chi connectivity index (χ0) is 17.4. The van der Waals surface area contributed by atoms with Crippen LogP contribution >= 0.6 is 11.3 Å². The Labute approximate surface area is 149 Å². The van der Waals surface area contributed by atoms with Crippen LogP contribution in [-0.4, -0.2) is 28.0 Å². The third-order valence-electron chi connectivity index (χ3n) is 4.68. The first-order valence-corrected chi connectivity index (χ1v) is 9.41. The number of benzene rings is 1. The van der Waals surface area contributed by atoms with Crippen LogP contribution in [-0.2, 0) is 6.54 Å². The molecule has 4 nitrogen and oxygen atoms in total. The van der Waals surface area contributed by atoms with Crippen LogP contribution in [0.2, 0.25) is 0 Å². The Morgan fingerprint density at radius 3 is 2.92 bits per heavy atom. The SMILES string of the molecule is C[C@H]1CCCN(Cc2nc3cc(-c4ccc(F)cc4)sc3c(=O)[nH]2)C1. The summed E-state index contributed by atoms with van der Waals surface area (Å²) in [5.41, 5.74) is 1.52. The van der Waals surface area contributed by atoms with Crippen molar-refractivity contribution in [1.82, 2.24) is 14.9 Å². The fourth-order valence-corrected chi connectivity index (χ4v) is 4.46. The van der Waals surface area contributed by atoms with Gasteiger partial charge in [-0.15, -0.1) is 11.3 Å². The smallest absolute Gasteiger partial charge is 0.268 e. The first kappa shape index (κ1) is 16.4. The maximum absolute atomic E-state index is 13.1. The molecule has 0 unspecified atom stereocenters. The van der Waals surface area contributed by atoms with Crippen molar-refractivity contribution in [3.05, 3.63) is 52.3 Å². The van der Waals surface area contributed by atoms with E-state index in [1.807, 2.05) is 6.07 Å². The molecule has 3 heterocycles. The van der Waals surface area contributed by atoms with Crippen molar-refractivity contribution in [2.24, 2.45) is 5.92 Å². The molecule has 1 saturated heterocycles. The third-order valence-corrected chi connectivity index (χ3v) is 5.85. The van der Waals surface area contributed by atoms with Crippen molar-refractivity contribution < 1.29 is 4.39 Å². The summed E-state index contributed by atoms with van der Waals surface area (Å²) in [6, 6.07) is 8.24. The number of hydrogen-bond acceptors (Lipinski definition) is 4. The van der Waals surface area contributed by atoms with Gasteiger partial charge in [-0.3, -0.25) is 9.69 Å². The molecule has 6 heteroatoms. The number of likely N-dealkylation sites (tertiary alicyclic amines) is 1. The number of halogens is 1. The van der Waals surface area contributed by atoms with Gasteiger partial charge in [0.05, 0.1) is 12.1 Å². The summed E-state index contributed by atoms with van der Waals surface area (Å²) in [4.78, 5) is 23.3. The summed E-state index contributed by atoms with van der Waals surface area (Å²) in [6.07, 6.45) is 2.46. The average Bonchev–Trinajstić information content (AvgIpc) is 3.00. The van der Waals surface area contributed by atoms with Gasteiger partial charge in [0, 0.05) is 11.4 Å². The molecular formula is C19H20FN3OS. The largest absolute Gasteiger partial charge is 0.308 e. The Hall–Kier alpha value is -2.05. The summed E-state index contributed by atoms with van der Waals surface area (Å²) in [6.45, 7) is 5.04.